The van der Waals surface area contributed by atoms with E-state index in [2.05, 4.69) is 5.32 Å². The number of carbonyl (C=O) groups excluding carboxylic acids is 1. The fourth-order valence-corrected chi connectivity index (χ4v) is 2.43. The Hall–Kier alpha value is -2.08. The molecule has 0 bridgehead atoms. The molecule has 2 rings (SSSR count). The molecule has 0 aliphatic carbocycles. The molecule has 0 radical (unpaired) electrons. The topological polar surface area (TPSA) is 78.9 Å². The molecule has 6 heteroatoms. The Kier molecular flexibility index (Phi) is 4.47. The van der Waals surface area contributed by atoms with Crippen LogP contribution in [0, 0.1) is 6.92 Å². The van der Waals surface area contributed by atoms with Gasteiger partial charge < -0.3 is 20.1 Å². The molecule has 2 N–H and O–H groups in total. The Bertz CT molecular complexity index is 549. The van der Waals surface area contributed by atoms with Crippen molar-refractivity contribution in [2.75, 3.05) is 18.4 Å². The highest BCUT2D eigenvalue weighted by Crippen LogP contribution is 2.19. The number of benzene rings is 1. The van der Waals surface area contributed by atoms with Crippen LogP contribution in [-0.2, 0) is 4.74 Å². The third kappa shape index (κ3) is 3.72. The first-order valence-corrected chi connectivity index (χ1v) is 6.92. The number of nitrogens with one attached hydrogen (secondary N) is 1. The Morgan fingerprint density at radius 1 is 1.29 bits per heavy atom. The van der Waals surface area contributed by atoms with Gasteiger partial charge in [-0.15, -0.1) is 0 Å². The van der Waals surface area contributed by atoms with E-state index in [1.807, 2.05) is 20.8 Å². The maximum Gasteiger partial charge on any atom is 0.335 e. The van der Waals surface area contributed by atoms with Gasteiger partial charge >= 0.3 is 12.0 Å². The van der Waals surface area contributed by atoms with Crippen LogP contribution in [0.5, 0.6) is 0 Å². The smallest absolute Gasteiger partial charge is 0.335 e. The Labute approximate surface area is 123 Å². The lowest BCUT2D eigenvalue weighted by atomic mass is 10.1. The normalized spacial score (nSPS) is 22.0. The zero-order chi connectivity index (χ0) is 15.6. The van der Waals surface area contributed by atoms with Gasteiger partial charge in [-0.25, -0.2) is 9.59 Å². The molecule has 114 valence electrons. The molecule has 1 fully saturated rings. The van der Waals surface area contributed by atoms with Crippen LogP contribution in [0.2, 0.25) is 0 Å². The third-order valence-electron chi connectivity index (χ3n) is 3.43. The molecule has 1 aromatic carbocycles. The Morgan fingerprint density at radius 2 is 1.90 bits per heavy atom. The molecule has 1 aliphatic heterocycles. The fourth-order valence-electron chi connectivity index (χ4n) is 2.43. The summed E-state index contributed by atoms with van der Waals surface area (Å²) < 4.78 is 5.59. The predicted molar refractivity (Wildman–Crippen MR) is 78.7 cm³/mol. The summed E-state index contributed by atoms with van der Waals surface area (Å²) in [6.45, 7) is 6.71. The molecule has 6 nitrogen and oxygen atoms in total. The van der Waals surface area contributed by atoms with Gasteiger partial charge in [-0.1, -0.05) is 6.07 Å². The largest absolute Gasteiger partial charge is 0.478 e. The summed E-state index contributed by atoms with van der Waals surface area (Å²) in [5.74, 6) is -1.01. The quantitative estimate of drug-likeness (QED) is 0.877. The van der Waals surface area contributed by atoms with Gasteiger partial charge in [-0.2, -0.15) is 0 Å². The molecular weight excluding hydrogens is 272 g/mol. The highest BCUT2D eigenvalue weighted by atomic mass is 16.5. The maximum absolute atomic E-state index is 12.3. The summed E-state index contributed by atoms with van der Waals surface area (Å²) in [6, 6.07) is 4.45. The summed E-state index contributed by atoms with van der Waals surface area (Å²) in [4.78, 5) is 25.0. The number of carboxylic acid groups (broad SMARTS) is 1. The number of urea groups is 1. The van der Waals surface area contributed by atoms with Crippen LogP contribution >= 0.6 is 0 Å². The van der Waals surface area contributed by atoms with Crippen molar-refractivity contribution < 1.29 is 19.4 Å². The lowest BCUT2D eigenvalue weighted by Gasteiger charge is -2.35. The summed E-state index contributed by atoms with van der Waals surface area (Å²) in [7, 11) is 0. The minimum absolute atomic E-state index is 0.00838. The standard InChI is InChI=1S/C15H20N2O4/c1-9-4-5-12(14(18)19)6-13(9)16-15(20)17-7-10(2)21-11(3)8-17/h4-6,10-11H,7-8H2,1-3H3,(H,16,20)(H,18,19)/t10-,11+. The Morgan fingerprint density at radius 3 is 2.48 bits per heavy atom. The van der Waals surface area contributed by atoms with Gasteiger partial charge in [-0.05, 0) is 38.5 Å². The van der Waals surface area contributed by atoms with Crippen LogP contribution in [0.4, 0.5) is 10.5 Å². The van der Waals surface area contributed by atoms with E-state index in [9.17, 15) is 9.59 Å². The number of amides is 2. The van der Waals surface area contributed by atoms with Crippen molar-refractivity contribution in [3.8, 4) is 0 Å². The van der Waals surface area contributed by atoms with Crippen molar-refractivity contribution in [1.29, 1.82) is 0 Å². The number of hydrogen-bond acceptors (Lipinski definition) is 3. The molecule has 0 aromatic heterocycles. The minimum atomic E-state index is -1.01. The average molecular weight is 292 g/mol. The number of aromatic carboxylic acids is 1. The number of aryl methyl sites for hydroxylation is 1. The number of anilines is 1. The van der Waals surface area contributed by atoms with E-state index in [0.717, 1.165) is 5.56 Å². The number of morpholine rings is 1. The third-order valence-corrected chi connectivity index (χ3v) is 3.43. The molecular formula is C15H20N2O4. The van der Waals surface area contributed by atoms with E-state index in [0.29, 0.717) is 18.8 Å². The van der Waals surface area contributed by atoms with Crippen LogP contribution in [0.25, 0.3) is 0 Å². The zero-order valence-corrected chi connectivity index (χ0v) is 12.4. The van der Waals surface area contributed by atoms with Gasteiger partial charge in [0.05, 0.1) is 17.8 Å². The second-order valence-corrected chi connectivity index (χ2v) is 5.43. The van der Waals surface area contributed by atoms with Crippen LogP contribution in [0.15, 0.2) is 18.2 Å². The number of rotatable bonds is 2. The molecule has 0 unspecified atom stereocenters. The highest BCUT2D eigenvalue weighted by molar-refractivity contribution is 5.94. The monoisotopic (exact) mass is 292 g/mol. The zero-order valence-electron chi connectivity index (χ0n) is 12.4. The van der Waals surface area contributed by atoms with Gasteiger partial charge in [-0.3, -0.25) is 0 Å². The van der Waals surface area contributed by atoms with Gasteiger partial charge in [0, 0.05) is 18.8 Å². The fraction of sp³-hybridized carbons (Fsp3) is 0.467. The van der Waals surface area contributed by atoms with Gasteiger partial charge in [0.2, 0.25) is 0 Å². The number of hydrogen-bond donors (Lipinski definition) is 2. The molecule has 2 atom stereocenters. The summed E-state index contributed by atoms with van der Waals surface area (Å²) in [6.07, 6.45) is -0.0168. The first-order chi connectivity index (χ1) is 9.86. The van der Waals surface area contributed by atoms with E-state index in [-0.39, 0.29) is 23.8 Å². The number of nitrogens with zero attached hydrogens (tertiary/aromatic N) is 1. The van der Waals surface area contributed by atoms with Crippen LogP contribution in [0.3, 0.4) is 0 Å². The van der Waals surface area contributed by atoms with E-state index in [1.165, 1.54) is 12.1 Å². The summed E-state index contributed by atoms with van der Waals surface area (Å²) in [5, 5.41) is 11.8. The molecule has 1 saturated heterocycles. The maximum atomic E-state index is 12.3. The van der Waals surface area contributed by atoms with Crippen LogP contribution in [0.1, 0.15) is 29.8 Å². The molecule has 1 aliphatic rings. The molecule has 21 heavy (non-hydrogen) atoms. The summed E-state index contributed by atoms with van der Waals surface area (Å²) >= 11 is 0. The van der Waals surface area contributed by atoms with Gasteiger partial charge in [0.1, 0.15) is 0 Å². The second-order valence-electron chi connectivity index (χ2n) is 5.43. The minimum Gasteiger partial charge on any atom is -0.478 e. The van der Waals surface area contributed by atoms with E-state index >= 15 is 0 Å². The number of ether oxygens (including phenoxy) is 1. The SMILES string of the molecule is Cc1ccc(C(=O)O)cc1NC(=O)N1C[C@@H](C)O[C@@H](C)C1. The molecule has 1 heterocycles. The lowest BCUT2D eigenvalue weighted by molar-refractivity contribution is -0.0530. The first-order valence-electron chi connectivity index (χ1n) is 6.92. The van der Waals surface area contributed by atoms with Crippen molar-refractivity contribution in [3.63, 3.8) is 0 Å². The van der Waals surface area contributed by atoms with Gasteiger partial charge in [0.15, 0.2) is 0 Å². The van der Waals surface area contributed by atoms with Crippen molar-refractivity contribution in [2.24, 2.45) is 0 Å². The van der Waals surface area contributed by atoms with E-state index in [4.69, 9.17) is 9.84 Å². The van der Waals surface area contributed by atoms with Crippen molar-refractivity contribution in [3.05, 3.63) is 29.3 Å². The molecule has 0 saturated carbocycles. The predicted octanol–water partition coefficient (Wildman–Crippen LogP) is 2.33. The van der Waals surface area contributed by atoms with Crippen LogP contribution < -0.4 is 5.32 Å². The van der Waals surface area contributed by atoms with Crippen molar-refractivity contribution >= 4 is 17.7 Å². The summed E-state index contributed by atoms with van der Waals surface area (Å²) in [5.41, 5.74) is 1.49. The van der Waals surface area contributed by atoms with Crippen molar-refractivity contribution in [1.82, 2.24) is 4.90 Å². The molecule has 0 spiro atoms. The van der Waals surface area contributed by atoms with Crippen molar-refractivity contribution in [2.45, 2.75) is 33.0 Å². The van der Waals surface area contributed by atoms with E-state index in [1.54, 1.807) is 11.0 Å². The average Bonchev–Trinajstić information content (AvgIpc) is 2.39. The highest BCUT2D eigenvalue weighted by Gasteiger charge is 2.26. The van der Waals surface area contributed by atoms with E-state index < -0.39 is 5.97 Å². The number of carbonyl (C=O) groups is 2. The second kappa shape index (κ2) is 6.13. The lowest BCUT2D eigenvalue weighted by Crippen LogP contribution is -2.49. The Balaban J connectivity index is 2.12. The molecule has 2 amide bonds. The number of carboxylic acids is 1. The van der Waals surface area contributed by atoms with Gasteiger partial charge in [0.25, 0.3) is 0 Å². The van der Waals surface area contributed by atoms with Crippen LogP contribution in [-0.4, -0.2) is 47.3 Å². The molecule has 1 aromatic rings. The first kappa shape index (κ1) is 15.3.